The highest BCUT2D eigenvalue weighted by atomic mass is 127. The number of hydrogen-bond acceptors (Lipinski definition) is 3. The first-order valence-electron chi connectivity index (χ1n) is 4.06. The molecule has 0 saturated heterocycles. The highest BCUT2D eigenvalue weighted by molar-refractivity contribution is 14.1. The zero-order valence-electron chi connectivity index (χ0n) is 7.50. The first kappa shape index (κ1) is 10.7. The van der Waals surface area contributed by atoms with Crippen LogP contribution in [0.4, 0.5) is 0 Å². The summed E-state index contributed by atoms with van der Waals surface area (Å²) in [5, 5.41) is 0. The van der Waals surface area contributed by atoms with Crippen LogP contribution >= 0.6 is 22.6 Å². The summed E-state index contributed by atoms with van der Waals surface area (Å²) in [6.45, 7) is 1.38. The molecule has 0 aromatic carbocycles. The van der Waals surface area contributed by atoms with Gasteiger partial charge in [-0.25, -0.2) is 4.98 Å². The van der Waals surface area contributed by atoms with Crippen LogP contribution in [0, 0.1) is 3.57 Å². The van der Waals surface area contributed by atoms with Gasteiger partial charge in [0.25, 0.3) is 0 Å². The largest absolute Gasteiger partial charge is 0.478 e. The molecule has 0 aliphatic heterocycles. The molecule has 0 atom stereocenters. The summed E-state index contributed by atoms with van der Waals surface area (Å²) < 4.78 is 11.4. The number of halogens is 1. The zero-order chi connectivity index (χ0) is 9.52. The van der Waals surface area contributed by atoms with Crippen molar-refractivity contribution >= 4 is 22.6 Å². The van der Waals surface area contributed by atoms with Crippen molar-refractivity contribution in [3.63, 3.8) is 0 Å². The Kier molecular flexibility index (Phi) is 5.07. The number of hydrogen-bond donors (Lipinski definition) is 0. The molecule has 0 saturated carbocycles. The van der Waals surface area contributed by atoms with Gasteiger partial charge in [-0.05, 0) is 28.7 Å². The SMILES string of the molecule is COCCCOc1ccc(I)cn1. The summed E-state index contributed by atoms with van der Waals surface area (Å²) in [6.07, 6.45) is 2.68. The van der Waals surface area contributed by atoms with Crippen LogP contribution in [0.1, 0.15) is 6.42 Å². The Labute approximate surface area is 91.6 Å². The van der Waals surface area contributed by atoms with Crippen LogP contribution in [-0.4, -0.2) is 25.3 Å². The molecule has 0 N–H and O–H groups in total. The molecule has 13 heavy (non-hydrogen) atoms. The lowest BCUT2D eigenvalue weighted by molar-refractivity contribution is 0.170. The van der Waals surface area contributed by atoms with Crippen molar-refractivity contribution in [1.82, 2.24) is 4.98 Å². The summed E-state index contributed by atoms with van der Waals surface area (Å²) >= 11 is 2.21. The molecule has 3 nitrogen and oxygen atoms in total. The first-order valence-corrected chi connectivity index (χ1v) is 5.14. The highest BCUT2D eigenvalue weighted by Gasteiger charge is 1.94. The van der Waals surface area contributed by atoms with Gasteiger partial charge in [-0.3, -0.25) is 0 Å². The fourth-order valence-corrected chi connectivity index (χ4v) is 1.15. The van der Waals surface area contributed by atoms with Crippen LogP contribution in [-0.2, 0) is 4.74 Å². The van der Waals surface area contributed by atoms with Gasteiger partial charge in [-0.1, -0.05) is 0 Å². The lowest BCUT2D eigenvalue weighted by atomic mass is 10.5. The quantitative estimate of drug-likeness (QED) is 0.615. The van der Waals surface area contributed by atoms with Gasteiger partial charge in [0, 0.05) is 36.0 Å². The van der Waals surface area contributed by atoms with Crippen molar-refractivity contribution in [2.75, 3.05) is 20.3 Å². The van der Waals surface area contributed by atoms with Crippen LogP contribution in [0.15, 0.2) is 18.3 Å². The summed E-state index contributed by atoms with van der Waals surface area (Å²) in [6, 6.07) is 3.84. The fraction of sp³-hybridized carbons (Fsp3) is 0.444. The van der Waals surface area contributed by atoms with E-state index >= 15 is 0 Å². The van der Waals surface area contributed by atoms with E-state index in [0.29, 0.717) is 12.5 Å². The van der Waals surface area contributed by atoms with E-state index in [4.69, 9.17) is 9.47 Å². The van der Waals surface area contributed by atoms with Crippen molar-refractivity contribution in [1.29, 1.82) is 0 Å². The molecule has 4 heteroatoms. The van der Waals surface area contributed by atoms with Crippen molar-refractivity contribution in [2.24, 2.45) is 0 Å². The van der Waals surface area contributed by atoms with E-state index in [1.54, 1.807) is 13.3 Å². The van der Waals surface area contributed by atoms with Gasteiger partial charge >= 0.3 is 0 Å². The third kappa shape index (κ3) is 4.42. The van der Waals surface area contributed by atoms with Crippen LogP contribution < -0.4 is 4.74 Å². The van der Waals surface area contributed by atoms with Crippen LogP contribution in [0.3, 0.4) is 0 Å². The van der Waals surface area contributed by atoms with Gasteiger partial charge in [-0.2, -0.15) is 0 Å². The summed E-state index contributed by atoms with van der Waals surface area (Å²) in [5.41, 5.74) is 0. The van der Waals surface area contributed by atoms with Crippen molar-refractivity contribution < 1.29 is 9.47 Å². The Balaban J connectivity index is 2.25. The average Bonchev–Trinajstić information content (AvgIpc) is 2.15. The minimum atomic E-state index is 0.654. The van der Waals surface area contributed by atoms with E-state index in [-0.39, 0.29) is 0 Å². The van der Waals surface area contributed by atoms with Crippen molar-refractivity contribution in [2.45, 2.75) is 6.42 Å². The summed E-state index contributed by atoms with van der Waals surface area (Å²) in [5.74, 6) is 0.677. The van der Waals surface area contributed by atoms with Crippen LogP contribution in [0.2, 0.25) is 0 Å². The highest BCUT2D eigenvalue weighted by Crippen LogP contribution is 2.09. The molecule has 0 bridgehead atoms. The van der Waals surface area contributed by atoms with Crippen LogP contribution in [0.5, 0.6) is 5.88 Å². The average molecular weight is 293 g/mol. The second-order valence-corrected chi connectivity index (χ2v) is 3.76. The minimum absolute atomic E-state index is 0.654. The maximum Gasteiger partial charge on any atom is 0.213 e. The molecule has 72 valence electrons. The molecular formula is C9H12INO2. The molecular weight excluding hydrogens is 281 g/mol. The molecule has 0 aliphatic rings. The number of ether oxygens (including phenoxy) is 2. The minimum Gasteiger partial charge on any atom is -0.478 e. The molecule has 0 radical (unpaired) electrons. The molecule has 0 fully saturated rings. The smallest absolute Gasteiger partial charge is 0.213 e. The number of methoxy groups -OCH3 is 1. The molecule has 0 spiro atoms. The molecule has 1 rings (SSSR count). The number of nitrogens with zero attached hydrogens (tertiary/aromatic N) is 1. The Morgan fingerprint density at radius 1 is 1.38 bits per heavy atom. The van der Waals surface area contributed by atoms with E-state index in [9.17, 15) is 0 Å². The van der Waals surface area contributed by atoms with E-state index in [2.05, 4.69) is 27.6 Å². The lowest BCUT2D eigenvalue weighted by Gasteiger charge is -2.03. The number of pyridine rings is 1. The fourth-order valence-electron chi connectivity index (χ4n) is 0.828. The van der Waals surface area contributed by atoms with E-state index < -0.39 is 0 Å². The molecule has 1 heterocycles. The van der Waals surface area contributed by atoms with E-state index in [1.165, 1.54) is 0 Å². The lowest BCUT2D eigenvalue weighted by Crippen LogP contribution is -2.02. The Morgan fingerprint density at radius 3 is 2.85 bits per heavy atom. The topological polar surface area (TPSA) is 31.4 Å². The number of aromatic nitrogens is 1. The Bertz CT molecular complexity index is 238. The predicted octanol–water partition coefficient (Wildman–Crippen LogP) is 2.10. The molecule has 0 unspecified atom stereocenters. The van der Waals surface area contributed by atoms with Gasteiger partial charge in [0.15, 0.2) is 0 Å². The second kappa shape index (κ2) is 6.15. The van der Waals surface area contributed by atoms with E-state index in [0.717, 1.165) is 16.6 Å². The van der Waals surface area contributed by atoms with Gasteiger partial charge in [0.2, 0.25) is 5.88 Å². The van der Waals surface area contributed by atoms with Gasteiger partial charge in [-0.15, -0.1) is 0 Å². The third-order valence-electron chi connectivity index (χ3n) is 1.44. The molecule has 1 aromatic rings. The summed E-state index contributed by atoms with van der Waals surface area (Å²) in [7, 11) is 1.68. The predicted molar refractivity (Wildman–Crippen MR) is 58.9 cm³/mol. The molecule has 1 aromatic heterocycles. The monoisotopic (exact) mass is 293 g/mol. The Hall–Kier alpha value is -0.360. The van der Waals surface area contributed by atoms with Crippen LogP contribution in [0.25, 0.3) is 0 Å². The maximum absolute atomic E-state index is 5.37. The summed E-state index contributed by atoms with van der Waals surface area (Å²) in [4.78, 5) is 4.11. The number of rotatable bonds is 5. The molecule has 0 amide bonds. The van der Waals surface area contributed by atoms with Gasteiger partial charge in [0.05, 0.1) is 6.61 Å². The zero-order valence-corrected chi connectivity index (χ0v) is 9.65. The first-order chi connectivity index (χ1) is 6.33. The Morgan fingerprint density at radius 2 is 2.23 bits per heavy atom. The normalized spacial score (nSPS) is 10.0. The van der Waals surface area contributed by atoms with Gasteiger partial charge in [0.1, 0.15) is 0 Å². The second-order valence-electron chi connectivity index (χ2n) is 2.51. The van der Waals surface area contributed by atoms with Crippen molar-refractivity contribution in [3.05, 3.63) is 21.9 Å². The molecule has 0 aliphatic carbocycles. The van der Waals surface area contributed by atoms with E-state index in [1.807, 2.05) is 12.1 Å². The maximum atomic E-state index is 5.37. The standard InChI is InChI=1S/C9H12INO2/c1-12-5-2-6-13-9-4-3-8(10)7-11-9/h3-4,7H,2,5-6H2,1H3. The third-order valence-corrected chi connectivity index (χ3v) is 2.08. The van der Waals surface area contributed by atoms with Crippen molar-refractivity contribution in [3.8, 4) is 5.88 Å². The van der Waals surface area contributed by atoms with Gasteiger partial charge < -0.3 is 9.47 Å².